The van der Waals surface area contributed by atoms with Crippen LogP contribution in [0.2, 0.25) is 0 Å². The van der Waals surface area contributed by atoms with Crippen molar-refractivity contribution in [2.24, 2.45) is 0 Å². The molecule has 25 rings (SSSR count). The Hall–Kier alpha value is -15.1. The number of benzene rings is 21. The second kappa shape index (κ2) is 31.7. The molecule has 0 aliphatic carbocycles. The summed E-state index contributed by atoms with van der Waals surface area (Å²) < 4.78 is 0. The summed E-state index contributed by atoms with van der Waals surface area (Å²) in [5.74, 6) is -2.53. The zero-order valence-corrected chi connectivity index (χ0v) is 79.4. The van der Waals surface area contributed by atoms with Gasteiger partial charge in [0.25, 0.3) is 47.3 Å². The molecule has 138 heavy (non-hydrogen) atoms. The van der Waals surface area contributed by atoms with Crippen LogP contribution in [0.4, 0.5) is 22.7 Å². The molecule has 0 saturated carbocycles. The van der Waals surface area contributed by atoms with Gasteiger partial charge in [-0.3, -0.25) is 38.4 Å². The maximum Gasteiger partial charge on any atom is 0.266 e. The zero-order valence-electron chi connectivity index (χ0n) is 79.4. The van der Waals surface area contributed by atoms with Crippen LogP contribution in [-0.2, 0) is 12.8 Å². The summed E-state index contributed by atoms with van der Waals surface area (Å²) >= 11 is 0. The first-order valence-electron chi connectivity index (χ1n) is 49.9. The Morgan fingerprint density at radius 3 is 0.594 bits per heavy atom. The predicted molar refractivity (Wildman–Crippen MR) is 568 cm³/mol. The van der Waals surface area contributed by atoms with Crippen molar-refractivity contribution >= 4 is 221 Å². The number of amides is 8. The van der Waals surface area contributed by atoms with Crippen LogP contribution in [0.25, 0.3) is 173 Å². The fourth-order valence-electron chi connectivity index (χ4n) is 25.1. The Kier molecular flexibility index (Phi) is 19.4. The van der Waals surface area contributed by atoms with Gasteiger partial charge in [0, 0.05) is 66.1 Å². The van der Waals surface area contributed by atoms with Crippen molar-refractivity contribution in [3.05, 3.63) is 321 Å². The van der Waals surface area contributed by atoms with Gasteiger partial charge in [-0.1, -0.05) is 303 Å². The monoisotopic (exact) mass is 1800 g/mol. The number of hydrogen-bond donors (Lipinski definition) is 0. The van der Waals surface area contributed by atoms with Gasteiger partial charge in [0.2, 0.25) is 0 Å². The van der Waals surface area contributed by atoms with Crippen LogP contribution < -0.4 is 19.6 Å². The zero-order chi connectivity index (χ0) is 94.3. The van der Waals surface area contributed by atoms with E-state index in [0.29, 0.717) is 88.8 Å². The van der Waals surface area contributed by atoms with Gasteiger partial charge in [-0.05, 0) is 307 Å². The Labute approximate surface area is 799 Å². The number of carbonyl (C=O) groups excluding carboxylic acids is 8. The average molecular weight is 1800 g/mol. The van der Waals surface area contributed by atoms with Crippen LogP contribution in [-0.4, -0.2) is 47.3 Å². The van der Waals surface area contributed by atoms with Crippen molar-refractivity contribution in [2.75, 3.05) is 19.6 Å². The molecular weight excluding hydrogens is 1700 g/mol. The Morgan fingerprint density at radius 2 is 0.384 bits per heavy atom. The van der Waals surface area contributed by atoms with Crippen molar-refractivity contribution in [3.63, 3.8) is 0 Å². The van der Waals surface area contributed by atoms with Gasteiger partial charge in [0.1, 0.15) is 0 Å². The van der Waals surface area contributed by atoms with E-state index in [0.717, 1.165) is 238 Å². The smallest absolute Gasteiger partial charge is 0.266 e. The predicted octanol–water partition coefficient (Wildman–Crippen LogP) is 32.4. The summed E-state index contributed by atoms with van der Waals surface area (Å²) in [6.07, 6.45) is 15.2. The highest BCUT2D eigenvalue weighted by atomic mass is 16.2. The van der Waals surface area contributed by atoms with Crippen molar-refractivity contribution in [3.8, 4) is 22.3 Å². The minimum Gasteiger partial charge on any atom is -0.268 e. The molecule has 0 unspecified atom stereocenters. The van der Waals surface area contributed by atoms with Crippen LogP contribution in [0.5, 0.6) is 0 Å². The second-order valence-electron chi connectivity index (χ2n) is 40.7. The fourth-order valence-corrected chi connectivity index (χ4v) is 25.1. The summed E-state index contributed by atoms with van der Waals surface area (Å²) in [5, 5.41) is 26.1. The largest absolute Gasteiger partial charge is 0.268 e. The number of hydrogen-bond acceptors (Lipinski definition) is 8. The lowest BCUT2D eigenvalue weighted by Gasteiger charge is -2.33. The summed E-state index contributed by atoms with van der Waals surface area (Å²) in [7, 11) is 0. The van der Waals surface area contributed by atoms with Crippen LogP contribution in [0, 0.1) is 0 Å². The van der Waals surface area contributed by atoms with E-state index in [-0.39, 0.29) is 70.9 Å². The van der Waals surface area contributed by atoms with E-state index in [1.165, 1.54) is 56.4 Å². The molecule has 21 aromatic carbocycles. The number of nitrogens with zero attached hydrogens (tertiary/aromatic N) is 4. The molecule has 8 amide bonds. The number of rotatable bonds is 24. The topological polar surface area (TPSA) is 150 Å². The number of aryl methyl sites for hydroxylation is 2. The summed E-state index contributed by atoms with van der Waals surface area (Å²) in [6, 6.07) is 82.1. The third-order valence-corrected chi connectivity index (χ3v) is 31.7. The minimum atomic E-state index is -0.384. The van der Waals surface area contributed by atoms with Gasteiger partial charge >= 0.3 is 0 Å². The molecule has 12 nitrogen and oxygen atoms in total. The third-order valence-electron chi connectivity index (χ3n) is 31.7. The maximum absolute atomic E-state index is 15.5. The van der Waals surface area contributed by atoms with Gasteiger partial charge in [0.15, 0.2) is 0 Å². The standard InChI is InChI=1S/C126H102N4O8/c1-11-13-15-17-19-21-25-71-63-104(70-33-37-74(38-34-70)128-121(133)97-57-49-89-81-41-45-85-93-53-61-101-116-102(126(138)130(125(101)137)118-77(67(7)8)29-24-30-78(118)68(9)10)62-54-94(112(93)116)86-46-42-82(106(81)108(85)86)90-50-58-98(122(128)134)114(97)110(89)90)72(26-22-20-18-16-14-12-2)64-103(71)69-31-35-73(36-32-69)127-119(131)95-55-47-87-79-39-43-83-91-51-59-99-115-100(124(136)129(123(99)135)117-75(65(3)4)27-23-28-76(117)66(5)6)60-52-92(111(91)115)84-44-40-80(105(79)107(83)84)88-48-56-96(120(127)132)113(95)109(87)88/h23-24,27-68H,11-22,25-26H2,1-10H3. The Bertz CT molecular complexity index is 8090. The molecule has 0 fully saturated rings. The fraction of sp³-hybridized carbons (Fsp3) is 0.222. The molecule has 0 spiro atoms. The van der Waals surface area contributed by atoms with E-state index in [2.05, 4.69) is 203 Å². The lowest BCUT2D eigenvalue weighted by atomic mass is 9.80. The first-order chi connectivity index (χ1) is 67.1. The highest BCUT2D eigenvalue weighted by Crippen LogP contribution is 2.56. The summed E-state index contributed by atoms with van der Waals surface area (Å²) in [5.41, 5.74) is 16.6. The molecule has 0 bridgehead atoms. The molecule has 21 aromatic rings. The number of para-hydroxylation sites is 2. The second-order valence-corrected chi connectivity index (χ2v) is 40.7. The lowest BCUT2D eigenvalue weighted by molar-refractivity contribution is 0.0877. The molecule has 4 heterocycles. The molecule has 4 aliphatic heterocycles. The first kappa shape index (κ1) is 84.6. The van der Waals surface area contributed by atoms with Crippen molar-refractivity contribution < 1.29 is 38.4 Å². The van der Waals surface area contributed by atoms with Crippen LogP contribution in [0.3, 0.4) is 0 Å². The van der Waals surface area contributed by atoms with Crippen LogP contribution in [0.15, 0.2) is 243 Å². The maximum atomic E-state index is 15.5. The Balaban J connectivity index is 0.531. The number of carbonyl (C=O) groups is 8. The molecule has 12 heteroatoms. The van der Waals surface area contributed by atoms with Gasteiger partial charge in [-0.2, -0.15) is 0 Å². The number of imide groups is 4. The van der Waals surface area contributed by atoms with E-state index in [1.54, 1.807) is 0 Å². The van der Waals surface area contributed by atoms with E-state index < -0.39 is 0 Å². The molecule has 0 atom stereocenters. The molecule has 0 saturated heterocycles. The summed E-state index contributed by atoms with van der Waals surface area (Å²) in [4.78, 5) is 128. The SMILES string of the molecule is CCCCCCCCc1cc(-c2ccc(N3C(=O)c4ccc5c6ccc7c8ccc9c%10c(ccc(c%11ccc(c%12ccc(c4c5%12)C3=O)c6c7%11)c%108)C(=O)N(c3c(C(C)C)cccc3C(C)C)C9=O)cc2)c(CCCCCCCC)cc1-c1ccc(N2C(=O)c3ccc4c5ccc6c7ccc8c9c(ccc(c%10ccc(c%11ccc(c3c4%11)C2=O)c5c6%10)c97)C(=O)N(c2c(C(C)C)cccc2C(C)C)C8=O)cc1. The molecule has 0 N–H and O–H groups in total. The third kappa shape index (κ3) is 12.0. The van der Waals surface area contributed by atoms with Crippen molar-refractivity contribution in [2.45, 2.75) is 183 Å². The summed E-state index contributed by atoms with van der Waals surface area (Å²) in [6.45, 7) is 21.3. The first-order valence-corrected chi connectivity index (χ1v) is 49.9. The van der Waals surface area contributed by atoms with Gasteiger partial charge in [0.05, 0.1) is 22.7 Å². The van der Waals surface area contributed by atoms with Crippen molar-refractivity contribution in [1.29, 1.82) is 0 Å². The van der Waals surface area contributed by atoms with Crippen LogP contribution >= 0.6 is 0 Å². The molecule has 0 radical (unpaired) electrons. The minimum absolute atomic E-state index is 0.0712. The van der Waals surface area contributed by atoms with Gasteiger partial charge in [-0.15, -0.1) is 0 Å². The average Bonchev–Trinajstić information content (AvgIpc) is 0.685. The van der Waals surface area contributed by atoms with E-state index in [4.69, 9.17) is 0 Å². The van der Waals surface area contributed by atoms with Crippen molar-refractivity contribution in [1.82, 2.24) is 0 Å². The lowest BCUT2D eigenvalue weighted by Crippen LogP contribution is -2.41. The number of anilines is 4. The number of fused-ring (bicyclic) bond motifs is 8. The Morgan fingerprint density at radius 1 is 0.196 bits per heavy atom. The molecule has 0 aromatic heterocycles. The molecular formula is C126H102N4O8. The van der Waals surface area contributed by atoms with E-state index >= 15 is 38.4 Å². The molecule has 674 valence electrons. The van der Waals surface area contributed by atoms with E-state index in [9.17, 15) is 0 Å². The molecule has 4 aliphatic rings. The highest BCUT2D eigenvalue weighted by molar-refractivity contribution is 6.51. The van der Waals surface area contributed by atoms with Crippen LogP contribution in [0.1, 0.15) is 286 Å². The van der Waals surface area contributed by atoms with Gasteiger partial charge in [-0.25, -0.2) is 19.6 Å². The normalized spacial score (nSPS) is 14.3. The number of unbranched alkanes of at least 4 members (excludes halogenated alkanes) is 10. The van der Waals surface area contributed by atoms with E-state index in [1.807, 2.05) is 109 Å². The highest BCUT2D eigenvalue weighted by Gasteiger charge is 2.44. The van der Waals surface area contributed by atoms with Gasteiger partial charge < -0.3 is 0 Å². The quantitative estimate of drug-likeness (QED) is 0.0251.